The molecule has 0 unspecified atom stereocenters. The molecule has 3 heterocycles. The number of piperidine rings is 1. The number of aryl methyl sites for hydroxylation is 2. The summed E-state index contributed by atoms with van der Waals surface area (Å²) in [6.07, 6.45) is 1.82. The summed E-state index contributed by atoms with van der Waals surface area (Å²) in [7, 11) is 0. The molecule has 1 saturated heterocycles. The largest absolute Gasteiger partial charge is 0.423 e. The topological polar surface area (TPSA) is 62.6 Å². The van der Waals surface area contributed by atoms with E-state index in [0.29, 0.717) is 18.0 Å². The number of amides is 1. The lowest BCUT2D eigenvalue weighted by Gasteiger charge is -2.32. The van der Waals surface area contributed by atoms with Crippen LogP contribution in [-0.4, -0.2) is 29.9 Å². The van der Waals surface area contributed by atoms with E-state index >= 15 is 0 Å². The predicted molar refractivity (Wildman–Crippen MR) is 126 cm³/mol. The van der Waals surface area contributed by atoms with Crippen LogP contribution >= 0.6 is 11.3 Å². The summed E-state index contributed by atoms with van der Waals surface area (Å²) >= 11 is 1.53. The van der Waals surface area contributed by atoms with Gasteiger partial charge in [0, 0.05) is 42.0 Å². The lowest BCUT2D eigenvalue weighted by molar-refractivity contribution is 0.0913. The van der Waals surface area contributed by atoms with Gasteiger partial charge in [-0.2, -0.15) is 0 Å². The van der Waals surface area contributed by atoms with Gasteiger partial charge in [-0.15, -0.1) is 11.3 Å². The monoisotopic (exact) mass is 438 g/mol. The van der Waals surface area contributed by atoms with E-state index in [-0.39, 0.29) is 17.6 Å². The van der Waals surface area contributed by atoms with Crippen LogP contribution in [0.5, 0.6) is 0 Å². The fourth-order valence-electron chi connectivity index (χ4n) is 4.43. The summed E-state index contributed by atoms with van der Waals surface area (Å²) in [5.41, 5.74) is 3.82. The van der Waals surface area contributed by atoms with Gasteiger partial charge >= 0.3 is 5.63 Å². The molecule has 1 aliphatic rings. The van der Waals surface area contributed by atoms with Gasteiger partial charge < -0.3 is 9.73 Å². The highest BCUT2D eigenvalue weighted by Gasteiger charge is 2.23. The number of nitrogens with one attached hydrogen (secondary N) is 1. The highest BCUT2D eigenvalue weighted by atomic mass is 32.1. The molecule has 0 radical (unpaired) electrons. The van der Waals surface area contributed by atoms with Crippen molar-refractivity contribution >= 4 is 28.2 Å². The molecule has 1 N–H and O–H groups in total. The van der Waals surface area contributed by atoms with Gasteiger partial charge in [-0.1, -0.05) is 13.8 Å². The van der Waals surface area contributed by atoms with Crippen LogP contribution in [0.1, 0.15) is 63.8 Å². The second kappa shape index (κ2) is 8.97. The number of carbonyl (C=O) groups excluding carboxylic acids is 1. The van der Waals surface area contributed by atoms with E-state index in [1.165, 1.54) is 16.9 Å². The molecule has 0 saturated carbocycles. The fraction of sp³-hybridized carbons (Fsp3) is 0.440. The minimum absolute atomic E-state index is 0.0276. The molecule has 2 aromatic heterocycles. The van der Waals surface area contributed by atoms with Gasteiger partial charge in [0.05, 0.1) is 4.88 Å². The number of fused-ring (bicyclic) bond motifs is 1. The van der Waals surface area contributed by atoms with Gasteiger partial charge in [0.25, 0.3) is 5.91 Å². The van der Waals surface area contributed by atoms with E-state index in [0.717, 1.165) is 52.2 Å². The van der Waals surface area contributed by atoms with Crippen LogP contribution in [0.25, 0.3) is 11.0 Å². The summed E-state index contributed by atoms with van der Waals surface area (Å²) in [6.45, 7) is 10.9. The maximum atomic E-state index is 12.4. The Balaban J connectivity index is 1.45. The molecule has 164 valence electrons. The molecule has 1 fully saturated rings. The lowest BCUT2D eigenvalue weighted by atomic mass is 9.94. The van der Waals surface area contributed by atoms with Gasteiger partial charge in [-0.05, 0) is 73.6 Å². The maximum absolute atomic E-state index is 12.4. The number of benzene rings is 1. The first kappa shape index (κ1) is 21.8. The molecular formula is C25H30N2O3S. The Hall–Kier alpha value is -2.44. The molecule has 0 aliphatic carbocycles. The van der Waals surface area contributed by atoms with E-state index < -0.39 is 0 Å². The van der Waals surface area contributed by atoms with E-state index in [1.807, 2.05) is 25.1 Å². The molecule has 31 heavy (non-hydrogen) atoms. The van der Waals surface area contributed by atoms with Crippen LogP contribution < -0.4 is 10.9 Å². The zero-order valence-corrected chi connectivity index (χ0v) is 19.5. The lowest BCUT2D eigenvalue weighted by Crippen LogP contribution is -2.44. The first-order valence-corrected chi connectivity index (χ1v) is 11.8. The molecular weight excluding hydrogens is 408 g/mol. The Morgan fingerprint density at radius 1 is 1.19 bits per heavy atom. The number of carbonyl (C=O) groups is 1. The van der Waals surface area contributed by atoms with Crippen molar-refractivity contribution in [2.45, 2.75) is 59.0 Å². The number of hydrogen-bond acceptors (Lipinski definition) is 5. The zero-order chi connectivity index (χ0) is 22.1. The summed E-state index contributed by atoms with van der Waals surface area (Å²) in [5.74, 6) is 0.440. The minimum atomic E-state index is -0.299. The van der Waals surface area contributed by atoms with Crippen molar-refractivity contribution in [1.82, 2.24) is 10.2 Å². The van der Waals surface area contributed by atoms with Gasteiger partial charge in [0.1, 0.15) is 5.58 Å². The van der Waals surface area contributed by atoms with Gasteiger partial charge in [0.2, 0.25) is 0 Å². The summed E-state index contributed by atoms with van der Waals surface area (Å²) < 4.78 is 5.49. The van der Waals surface area contributed by atoms with Crippen LogP contribution in [0.4, 0.5) is 0 Å². The van der Waals surface area contributed by atoms with E-state index in [2.05, 4.69) is 37.1 Å². The average molecular weight is 439 g/mol. The smallest absolute Gasteiger partial charge is 0.336 e. The quantitative estimate of drug-likeness (QED) is 0.570. The molecule has 1 aliphatic heterocycles. The Labute approximate surface area is 187 Å². The molecule has 1 aromatic carbocycles. The van der Waals surface area contributed by atoms with Crippen LogP contribution in [0.2, 0.25) is 0 Å². The summed E-state index contributed by atoms with van der Waals surface area (Å²) in [4.78, 5) is 28.9. The molecule has 0 atom stereocenters. The van der Waals surface area contributed by atoms with Crippen molar-refractivity contribution in [2.24, 2.45) is 0 Å². The number of rotatable bonds is 5. The number of likely N-dealkylation sites (tertiary alicyclic amines) is 1. The fourth-order valence-corrected chi connectivity index (χ4v) is 5.20. The van der Waals surface area contributed by atoms with Crippen molar-refractivity contribution in [3.05, 3.63) is 67.2 Å². The normalized spacial score (nSPS) is 15.6. The Morgan fingerprint density at radius 2 is 1.94 bits per heavy atom. The molecule has 6 heteroatoms. The van der Waals surface area contributed by atoms with Crippen molar-refractivity contribution < 1.29 is 9.21 Å². The maximum Gasteiger partial charge on any atom is 0.336 e. The van der Waals surface area contributed by atoms with Crippen LogP contribution in [0.15, 0.2) is 39.5 Å². The zero-order valence-electron chi connectivity index (χ0n) is 18.7. The number of thiophene rings is 1. The molecule has 5 nitrogen and oxygen atoms in total. The van der Waals surface area contributed by atoms with Crippen LogP contribution in [0.3, 0.4) is 0 Å². The highest BCUT2D eigenvalue weighted by molar-refractivity contribution is 7.13. The third kappa shape index (κ3) is 4.91. The van der Waals surface area contributed by atoms with Crippen LogP contribution in [-0.2, 0) is 6.54 Å². The SMILES string of the molecule is Cc1ccc(C(=O)NC2CCN(Cc3cc(=O)oc4cc(C)c(C(C)C)cc34)CC2)s1. The third-order valence-electron chi connectivity index (χ3n) is 6.12. The van der Waals surface area contributed by atoms with Crippen molar-refractivity contribution in [1.29, 1.82) is 0 Å². The highest BCUT2D eigenvalue weighted by Crippen LogP contribution is 2.28. The van der Waals surface area contributed by atoms with E-state index in [9.17, 15) is 9.59 Å². The Kier molecular flexibility index (Phi) is 6.30. The Bertz CT molecular complexity index is 1150. The van der Waals surface area contributed by atoms with Gasteiger partial charge in [-0.3, -0.25) is 9.69 Å². The number of hydrogen-bond donors (Lipinski definition) is 1. The predicted octanol–water partition coefficient (Wildman–Crippen LogP) is 4.99. The second-order valence-corrected chi connectivity index (χ2v) is 10.2. The molecule has 3 aromatic rings. The van der Waals surface area contributed by atoms with Crippen molar-refractivity contribution in [3.63, 3.8) is 0 Å². The molecule has 4 rings (SSSR count). The minimum Gasteiger partial charge on any atom is -0.423 e. The number of nitrogens with zero attached hydrogens (tertiary/aromatic N) is 1. The van der Waals surface area contributed by atoms with Crippen LogP contribution in [0, 0.1) is 13.8 Å². The summed E-state index contributed by atoms with van der Waals surface area (Å²) in [6, 6.07) is 9.87. The average Bonchev–Trinajstić information content (AvgIpc) is 3.15. The molecule has 0 spiro atoms. The molecule has 1 amide bonds. The first-order valence-electron chi connectivity index (χ1n) is 11.0. The van der Waals surface area contributed by atoms with Crippen molar-refractivity contribution in [2.75, 3.05) is 13.1 Å². The Morgan fingerprint density at radius 3 is 2.58 bits per heavy atom. The second-order valence-electron chi connectivity index (χ2n) is 8.88. The van der Waals surface area contributed by atoms with E-state index in [4.69, 9.17) is 4.42 Å². The third-order valence-corrected chi connectivity index (χ3v) is 7.12. The molecule has 0 bridgehead atoms. The van der Waals surface area contributed by atoms with Crippen molar-refractivity contribution in [3.8, 4) is 0 Å². The van der Waals surface area contributed by atoms with Gasteiger partial charge in [0.15, 0.2) is 0 Å². The van der Waals surface area contributed by atoms with E-state index in [1.54, 1.807) is 6.07 Å². The van der Waals surface area contributed by atoms with Gasteiger partial charge in [-0.25, -0.2) is 4.79 Å². The standard InChI is InChI=1S/C25H30N2O3S/c1-15(2)20-13-21-18(12-24(28)30-22(21)11-16(20)3)14-27-9-7-19(8-10-27)26-25(29)23-6-5-17(4)31-23/h5-6,11-13,15,19H,7-10,14H2,1-4H3,(H,26,29). The summed E-state index contributed by atoms with van der Waals surface area (Å²) in [5, 5.41) is 4.20. The first-order chi connectivity index (χ1) is 14.8.